The van der Waals surface area contributed by atoms with Gasteiger partial charge in [-0.15, -0.1) is 23.7 Å². The predicted molar refractivity (Wildman–Crippen MR) is 86.6 cm³/mol. The van der Waals surface area contributed by atoms with Gasteiger partial charge in [0.2, 0.25) is 5.91 Å². The SMILES string of the molecule is Cl.NCCNC(=O)C1CCCN(Cc2cc(Cl)cs2)C1. The summed E-state index contributed by atoms with van der Waals surface area (Å²) >= 11 is 7.61. The number of carbonyl (C=O) groups excluding carboxylic acids is 1. The zero-order valence-corrected chi connectivity index (χ0v) is 13.7. The molecule has 7 heteroatoms. The smallest absolute Gasteiger partial charge is 0.224 e. The topological polar surface area (TPSA) is 58.4 Å². The Morgan fingerprint density at radius 2 is 2.40 bits per heavy atom. The first kappa shape index (κ1) is 17.7. The third kappa shape index (κ3) is 5.22. The van der Waals surface area contributed by atoms with Crippen molar-refractivity contribution in [1.29, 1.82) is 0 Å². The third-order valence-electron chi connectivity index (χ3n) is 3.32. The number of hydrogen-bond donors (Lipinski definition) is 2. The summed E-state index contributed by atoms with van der Waals surface area (Å²) in [6, 6.07) is 2.00. The second kappa shape index (κ2) is 8.85. The first-order valence-corrected chi connectivity index (χ1v) is 7.88. The van der Waals surface area contributed by atoms with E-state index in [1.165, 1.54) is 4.88 Å². The second-order valence-corrected chi connectivity index (χ2v) is 6.32. The minimum Gasteiger partial charge on any atom is -0.355 e. The van der Waals surface area contributed by atoms with Crippen LogP contribution >= 0.6 is 35.3 Å². The van der Waals surface area contributed by atoms with Gasteiger partial charge < -0.3 is 11.1 Å². The highest BCUT2D eigenvalue weighted by Crippen LogP contribution is 2.23. The molecule has 20 heavy (non-hydrogen) atoms. The first-order chi connectivity index (χ1) is 9.19. The minimum absolute atomic E-state index is 0. The normalized spacial score (nSPS) is 19.4. The van der Waals surface area contributed by atoms with Gasteiger partial charge >= 0.3 is 0 Å². The molecular weight excluding hydrogens is 317 g/mol. The number of likely N-dealkylation sites (tertiary alicyclic amines) is 1. The van der Waals surface area contributed by atoms with Crippen LogP contribution in [0.25, 0.3) is 0 Å². The Bertz CT molecular complexity index is 428. The predicted octanol–water partition coefficient (Wildman–Crippen LogP) is 2.11. The van der Waals surface area contributed by atoms with Gasteiger partial charge in [-0.1, -0.05) is 11.6 Å². The largest absolute Gasteiger partial charge is 0.355 e. The highest BCUT2D eigenvalue weighted by molar-refractivity contribution is 7.10. The Hall–Kier alpha value is -0.330. The molecule has 1 saturated heterocycles. The van der Waals surface area contributed by atoms with E-state index >= 15 is 0 Å². The fourth-order valence-electron chi connectivity index (χ4n) is 2.41. The Balaban J connectivity index is 0.00000200. The molecule has 1 fully saturated rings. The number of nitrogens with two attached hydrogens (primary N) is 1. The van der Waals surface area contributed by atoms with Crippen LogP contribution in [0.4, 0.5) is 0 Å². The summed E-state index contributed by atoms with van der Waals surface area (Å²) < 4.78 is 0. The van der Waals surface area contributed by atoms with Crippen molar-refractivity contribution in [3.8, 4) is 0 Å². The Morgan fingerprint density at radius 3 is 3.05 bits per heavy atom. The van der Waals surface area contributed by atoms with Gasteiger partial charge in [-0.3, -0.25) is 9.69 Å². The molecule has 3 N–H and O–H groups in total. The zero-order valence-electron chi connectivity index (χ0n) is 11.3. The second-order valence-electron chi connectivity index (χ2n) is 4.89. The van der Waals surface area contributed by atoms with E-state index in [1.54, 1.807) is 11.3 Å². The first-order valence-electron chi connectivity index (χ1n) is 6.62. The number of hydrogen-bond acceptors (Lipinski definition) is 4. The molecule has 0 bridgehead atoms. The maximum atomic E-state index is 11.9. The molecule has 1 aliphatic heterocycles. The van der Waals surface area contributed by atoms with E-state index in [4.69, 9.17) is 17.3 Å². The maximum absolute atomic E-state index is 11.9. The fourth-order valence-corrected chi connectivity index (χ4v) is 3.52. The summed E-state index contributed by atoms with van der Waals surface area (Å²) in [7, 11) is 0. The maximum Gasteiger partial charge on any atom is 0.224 e. The average molecular weight is 338 g/mol. The van der Waals surface area contributed by atoms with Crippen LogP contribution < -0.4 is 11.1 Å². The van der Waals surface area contributed by atoms with Crippen molar-refractivity contribution in [3.63, 3.8) is 0 Å². The molecule has 0 radical (unpaired) electrons. The van der Waals surface area contributed by atoms with E-state index in [1.807, 2.05) is 11.4 Å². The molecule has 1 amide bonds. The molecule has 2 rings (SSSR count). The summed E-state index contributed by atoms with van der Waals surface area (Å²) in [4.78, 5) is 15.5. The summed E-state index contributed by atoms with van der Waals surface area (Å²) in [5.41, 5.74) is 5.40. The molecule has 1 aromatic rings. The summed E-state index contributed by atoms with van der Waals surface area (Å²) in [5, 5.41) is 5.63. The van der Waals surface area contributed by atoms with Crippen molar-refractivity contribution in [3.05, 3.63) is 21.3 Å². The summed E-state index contributed by atoms with van der Waals surface area (Å²) in [5.74, 6) is 0.232. The quantitative estimate of drug-likeness (QED) is 0.865. The number of piperidine rings is 1. The summed E-state index contributed by atoms with van der Waals surface area (Å²) in [6.07, 6.45) is 2.04. The van der Waals surface area contributed by atoms with Crippen LogP contribution in [-0.4, -0.2) is 37.0 Å². The molecule has 1 atom stereocenters. The molecule has 1 aliphatic rings. The van der Waals surface area contributed by atoms with Gasteiger partial charge in [0.1, 0.15) is 0 Å². The van der Waals surface area contributed by atoms with Gasteiger partial charge in [0, 0.05) is 36.4 Å². The van der Waals surface area contributed by atoms with Gasteiger partial charge in [0.25, 0.3) is 0 Å². The standard InChI is InChI=1S/C13H20ClN3OS.ClH/c14-11-6-12(19-9-11)8-17-5-1-2-10(7-17)13(18)16-4-3-15;/h6,9-10H,1-5,7-8,15H2,(H,16,18);1H. The highest BCUT2D eigenvalue weighted by atomic mass is 35.5. The molecule has 4 nitrogen and oxygen atoms in total. The van der Waals surface area contributed by atoms with E-state index in [0.29, 0.717) is 13.1 Å². The molecule has 0 aromatic carbocycles. The lowest BCUT2D eigenvalue weighted by Crippen LogP contribution is -2.43. The molecule has 0 saturated carbocycles. The van der Waals surface area contributed by atoms with Gasteiger partial charge in [-0.2, -0.15) is 0 Å². The monoisotopic (exact) mass is 337 g/mol. The van der Waals surface area contributed by atoms with Crippen LogP contribution in [0, 0.1) is 5.92 Å². The van der Waals surface area contributed by atoms with Crippen LogP contribution in [0.15, 0.2) is 11.4 Å². The van der Waals surface area contributed by atoms with Crippen LogP contribution in [-0.2, 0) is 11.3 Å². The average Bonchev–Trinajstić information content (AvgIpc) is 2.81. The molecule has 0 aliphatic carbocycles. The Morgan fingerprint density at radius 1 is 1.60 bits per heavy atom. The Kier molecular flexibility index (Phi) is 7.84. The van der Waals surface area contributed by atoms with E-state index in [9.17, 15) is 4.79 Å². The van der Waals surface area contributed by atoms with Gasteiger partial charge in [-0.05, 0) is 25.5 Å². The lowest BCUT2D eigenvalue weighted by molar-refractivity contribution is -0.126. The lowest BCUT2D eigenvalue weighted by atomic mass is 9.97. The molecular formula is C13H21Cl2N3OS. The number of nitrogens with zero attached hydrogens (tertiary/aromatic N) is 1. The molecule has 1 aromatic heterocycles. The van der Waals surface area contributed by atoms with Crippen molar-refractivity contribution in [1.82, 2.24) is 10.2 Å². The Labute approximate surface area is 135 Å². The zero-order chi connectivity index (χ0) is 13.7. The van der Waals surface area contributed by atoms with Crippen molar-refractivity contribution < 1.29 is 4.79 Å². The molecule has 114 valence electrons. The lowest BCUT2D eigenvalue weighted by Gasteiger charge is -2.31. The number of amides is 1. The minimum atomic E-state index is 0. The van der Waals surface area contributed by atoms with E-state index in [-0.39, 0.29) is 24.2 Å². The number of nitrogens with one attached hydrogen (secondary N) is 1. The van der Waals surface area contributed by atoms with Crippen LogP contribution in [0.3, 0.4) is 0 Å². The molecule has 0 spiro atoms. The summed E-state index contributed by atoms with van der Waals surface area (Å²) in [6.45, 7) is 3.83. The van der Waals surface area contributed by atoms with Crippen LogP contribution in [0.5, 0.6) is 0 Å². The van der Waals surface area contributed by atoms with Crippen molar-refractivity contribution >= 4 is 41.3 Å². The van der Waals surface area contributed by atoms with Crippen molar-refractivity contribution in [2.24, 2.45) is 11.7 Å². The van der Waals surface area contributed by atoms with Gasteiger partial charge in [0.05, 0.1) is 10.9 Å². The highest BCUT2D eigenvalue weighted by Gasteiger charge is 2.25. The van der Waals surface area contributed by atoms with Crippen LogP contribution in [0.1, 0.15) is 17.7 Å². The number of rotatable bonds is 5. The molecule has 2 heterocycles. The van der Waals surface area contributed by atoms with Gasteiger partial charge in [0.15, 0.2) is 0 Å². The number of halogens is 2. The number of carbonyl (C=O) groups is 1. The number of thiophene rings is 1. The van der Waals surface area contributed by atoms with E-state index < -0.39 is 0 Å². The third-order valence-corrected chi connectivity index (χ3v) is 4.59. The van der Waals surface area contributed by atoms with Gasteiger partial charge in [-0.25, -0.2) is 0 Å². The van der Waals surface area contributed by atoms with Crippen molar-refractivity contribution in [2.45, 2.75) is 19.4 Å². The van der Waals surface area contributed by atoms with Crippen molar-refractivity contribution in [2.75, 3.05) is 26.2 Å². The fraction of sp³-hybridized carbons (Fsp3) is 0.615. The molecule has 1 unspecified atom stereocenters. The van der Waals surface area contributed by atoms with E-state index in [0.717, 1.165) is 37.5 Å². The van der Waals surface area contributed by atoms with E-state index in [2.05, 4.69) is 10.2 Å². The van der Waals surface area contributed by atoms with Crippen LogP contribution in [0.2, 0.25) is 5.02 Å².